The average molecular weight is 293 g/mol. The van der Waals surface area contributed by atoms with Crippen LogP contribution in [-0.4, -0.2) is 16.2 Å². The number of aliphatic carboxylic acids is 1. The molecule has 0 saturated heterocycles. The lowest BCUT2D eigenvalue weighted by atomic mass is 9.99. The highest BCUT2D eigenvalue weighted by Crippen LogP contribution is 2.27. The highest BCUT2D eigenvalue weighted by molar-refractivity contribution is 5.76. The molecule has 1 heterocycles. The van der Waals surface area contributed by atoms with Gasteiger partial charge in [0.2, 0.25) is 0 Å². The van der Waals surface area contributed by atoms with Crippen LogP contribution >= 0.6 is 0 Å². The van der Waals surface area contributed by atoms with Crippen LogP contribution in [0.1, 0.15) is 18.4 Å². The van der Waals surface area contributed by atoms with Gasteiger partial charge >= 0.3 is 5.97 Å². The molecule has 0 bridgehead atoms. The molecule has 1 aromatic heterocycles. The normalized spacial score (nSPS) is 12.0. The van der Waals surface area contributed by atoms with Crippen LogP contribution in [0.4, 0.5) is 0 Å². The van der Waals surface area contributed by atoms with E-state index in [1.165, 1.54) is 0 Å². The van der Waals surface area contributed by atoms with Gasteiger partial charge in [-0.15, -0.1) is 0 Å². The second-order valence-corrected chi connectivity index (χ2v) is 5.12. The zero-order valence-corrected chi connectivity index (χ0v) is 12.1. The Kier molecular flexibility index (Phi) is 3.74. The molecule has 0 saturated carbocycles. The molecule has 0 spiro atoms. The Morgan fingerprint density at radius 3 is 2.36 bits per heavy atom. The first kappa shape index (κ1) is 14.1. The van der Waals surface area contributed by atoms with Crippen LogP contribution in [0.15, 0.2) is 65.2 Å². The zero-order valence-electron chi connectivity index (χ0n) is 12.1. The fraction of sp³-hybridized carbons (Fsp3) is 0.111. The van der Waals surface area contributed by atoms with Crippen molar-refractivity contribution in [1.29, 1.82) is 0 Å². The molecule has 0 fully saturated rings. The molecular formula is C18H15NO3. The van der Waals surface area contributed by atoms with Crippen molar-refractivity contribution in [3.63, 3.8) is 0 Å². The lowest BCUT2D eigenvalue weighted by molar-refractivity contribution is -0.138. The molecule has 0 aliphatic rings. The molecule has 1 unspecified atom stereocenters. The van der Waals surface area contributed by atoms with Gasteiger partial charge in [0, 0.05) is 17.2 Å². The highest BCUT2D eigenvalue weighted by atomic mass is 16.5. The van der Waals surface area contributed by atoms with Crippen molar-refractivity contribution in [2.24, 2.45) is 0 Å². The van der Waals surface area contributed by atoms with Crippen LogP contribution in [-0.2, 0) is 4.79 Å². The summed E-state index contributed by atoms with van der Waals surface area (Å²) in [6, 6.07) is 19.0. The van der Waals surface area contributed by atoms with Crippen LogP contribution in [0, 0.1) is 0 Å². The lowest BCUT2D eigenvalue weighted by Gasteiger charge is -2.06. The minimum absolute atomic E-state index is 0.522. The van der Waals surface area contributed by atoms with E-state index in [-0.39, 0.29) is 0 Å². The second kappa shape index (κ2) is 5.85. The maximum absolute atomic E-state index is 11.0. The summed E-state index contributed by atoms with van der Waals surface area (Å²) in [5, 5.41) is 13.1. The molecule has 0 radical (unpaired) electrons. The first-order valence-corrected chi connectivity index (χ1v) is 7.00. The maximum atomic E-state index is 11.0. The van der Waals surface area contributed by atoms with Gasteiger partial charge in [0.25, 0.3) is 0 Å². The van der Waals surface area contributed by atoms with Crippen LogP contribution < -0.4 is 0 Å². The topological polar surface area (TPSA) is 63.3 Å². The molecule has 3 aromatic rings. The van der Waals surface area contributed by atoms with E-state index >= 15 is 0 Å². The Morgan fingerprint density at radius 2 is 1.73 bits per heavy atom. The second-order valence-electron chi connectivity index (χ2n) is 5.12. The van der Waals surface area contributed by atoms with Crippen molar-refractivity contribution in [1.82, 2.24) is 5.16 Å². The number of nitrogens with zero attached hydrogens (tertiary/aromatic N) is 1. The Hall–Kier alpha value is -2.88. The predicted molar refractivity (Wildman–Crippen MR) is 83.4 cm³/mol. The number of hydrogen-bond donors (Lipinski definition) is 1. The Bertz CT molecular complexity index is 776. The monoisotopic (exact) mass is 293 g/mol. The zero-order chi connectivity index (χ0) is 15.5. The summed E-state index contributed by atoms with van der Waals surface area (Å²) in [5.41, 5.74) is 3.36. The van der Waals surface area contributed by atoms with Gasteiger partial charge < -0.3 is 9.63 Å². The van der Waals surface area contributed by atoms with Gasteiger partial charge in [0.05, 0.1) is 5.92 Å². The number of carboxylic acid groups (broad SMARTS) is 1. The van der Waals surface area contributed by atoms with Gasteiger partial charge in [0.1, 0.15) is 5.69 Å². The van der Waals surface area contributed by atoms with Gasteiger partial charge in [-0.1, -0.05) is 59.8 Å². The largest absolute Gasteiger partial charge is 0.481 e. The van der Waals surface area contributed by atoms with Gasteiger partial charge in [-0.3, -0.25) is 4.79 Å². The van der Waals surface area contributed by atoms with Crippen molar-refractivity contribution in [2.45, 2.75) is 12.8 Å². The van der Waals surface area contributed by atoms with Crippen LogP contribution in [0.25, 0.3) is 22.6 Å². The summed E-state index contributed by atoms with van der Waals surface area (Å²) in [5.74, 6) is -0.648. The fourth-order valence-electron chi connectivity index (χ4n) is 2.23. The van der Waals surface area contributed by atoms with E-state index in [1.54, 1.807) is 6.92 Å². The van der Waals surface area contributed by atoms with Crippen molar-refractivity contribution in [3.05, 3.63) is 66.2 Å². The fourth-order valence-corrected chi connectivity index (χ4v) is 2.23. The molecule has 1 N–H and O–H groups in total. The molecule has 110 valence electrons. The minimum atomic E-state index is -0.833. The number of aromatic nitrogens is 1. The first-order chi connectivity index (χ1) is 10.6. The minimum Gasteiger partial charge on any atom is -0.481 e. The molecule has 3 rings (SSSR count). The summed E-state index contributed by atoms with van der Waals surface area (Å²) in [6.45, 7) is 1.67. The third kappa shape index (κ3) is 2.76. The summed E-state index contributed by atoms with van der Waals surface area (Å²) in [4.78, 5) is 11.0. The molecule has 0 aliphatic carbocycles. The van der Waals surface area contributed by atoms with Crippen molar-refractivity contribution < 1.29 is 14.4 Å². The lowest BCUT2D eigenvalue weighted by Crippen LogP contribution is -2.06. The summed E-state index contributed by atoms with van der Waals surface area (Å²) in [7, 11) is 0. The Morgan fingerprint density at radius 1 is 1.05 bits per heavy atom. The molecule has 1 atom stereocenters. The molecule has 22 heavy (non-hydrogen) atoms. The van der Waals surface area contributed by atoms with Crippen LogP contribution in [0.2, 0.25) is 0 Å². The number of carbonyl (C=O) groups is 1. The molecule has 4 heteroatoms. The van der Waals surface area contributed by atoms with E-state index in [4.69, 9.17) is 9.63 Å². The molecule has 4 nitrogen and oxygen atoms in total. The van der Waals surface area contributed by atoms with Crippen molar-refractivity contribution in [3.8, 4) is 22.6 Å². The van der Waals surface area contributed by atoms with E-state index in [9.17, 15) is 4.79 Å². The van der Waals surface area contributed by atoms with Crippen molar-refractivity contribution >= 4 is 5.97 Å². The molecular weight excluding hydrogens is 278 g/mol. The molecule has 0 amide bonds. The summed E-state index contributed by atoms with van der Waals surface area (Å²) in [6.07, 6.45) is 0. The van der Waals surface area contributed by atoms with Gasteiger partial charge in [0.15, 0.2) is 5.76 Å². The van der Waals surface area contributed by atoms with E-state index in [2.05, 4.69) is 5.16 Å². The van der Waals surface area contributed by atoms with Gasteiger partial charge in [-0.2, -0.15) is 0 Å². The van der Waals surface area contributed by atoms with E-state index in [0.29, 0.717) is 5.76 Å². The Balaban J connectivity index is 1.86. The number of rotatable bonds is 4. The number of hydrogen-bond acceptors (Lipinski definition) is 3. The van der Waals surface area contributed by atoms with Gasteiger partial charge in [-0.25, -0.2) is 0 Å². The number of carboxylic acids is 1. The average Bonchev–Trinajstić information content (AvgIpc) is 3.05. The standard InChI is InChI=1S/C18H15NO3/c1-12(18(20)21)13-7-9-14(10-8-13)16-11-17(22-19-16)15-5-3-2-4-6-15/h2-12H,1H3,(H,20,21). The van der Waals surface area contributed by atoms with E-state index in [1.807, 2.05) is 60.7 Å². The summed E-state index contributed by atoms with van der Waals surface area (Å²) < 4.78 is 5.38. The summed E-state index contributed by atoms with van der Waals surface area (Å²) >= 11 is 0. The molecule has 0 aliphatic heterocycles. The van der Waals surface area contributed by atoms with Crippen molar-refractivity contribution in [2.75, 3.05) is 0 Å². The van der Waals surface area contributed by atoms with E-state index < -0.39 is 11.9 Å². The van der Waals surface area contributed by atoms with Crippen LogP contribution in [0.5, 0.6) is 0 Å². The van der Waals surface area contributed by atoms with Gasteiger partial charge in [-0.05, 0) is 12.5 Å². The third-order valence-electron chi connectivity index (χ3n) is 3.65. The highest BCUT2D eigenvalue weighted by Gasteiger charge is 2.14. The SMILES string of the molecule is CC(C(=O)O)c1ccc(-c2cc(-c3ccccc3)on2)cc1. The van der Waals surface area contributed by atoms with E-state index in [0.717, 1.165) is 22.4 Å². The quantitative estimate of drug-likeness (QED) is 0.783. The Labute approximate surface area is 128 Å². The smallest absolute Gasteiger partial charge is 0.310 e. The maximum Gasteiger partial charge on any atom is 0.310 e. The predicted octanol–water partition coefficient (Wildman–Crippen LogP) is 4.20. The third-order valence-corrected chi connectivity index (χ3v) is 3.65. The number of benzene rings is 2. The van der Waals surface area contributed by atoms with Crippen LogP contribution in [0.3, 0.4) is 0 Å². The molecule has 2 aromatic carbocycles. The first-order valence-electron chi connectivity index (χ1n) is 7.00.